The zero-order valence-corrected chi connectivity index (χ0v) is 14.1. The Hall–Kier alpha value is -2.32. The standard InChI is InChI=1S/C20H16O7/c21-12-7-8-13(22)19-18(12,27-19)16(23)15-17(24-15)20(19)25-10-5-1-3-9-4-2-6-11(26-20)14(9)10/h1-6,12-13,16,21-23H,7-8H2. The van der Waals surface area contributed by atoms with Crippen molar-refractivity contribution in [2.24, 2.45) is 0 Å². The zero-order valence-electron chi connectivity index (χ0n) is 14.1. The number of fused-ring (bicyclic) bond motifs is 1. The lowest BCUT2D eigenvalue weighted by Gasteiger charge is -2.45. The molecular formula is C20H16O7. The van der Waals surface area contributed by atoms with E-state index in [-0.39, 0.29) is 0 Å². The Labute approximate surface area is 153 Å². The highest BCUT2D eigenvalue weighted by molar-refractivity contribution is 5.94. The molecule has 0 amide bonds. The second-order valence-electron chi connectivity index (χ2n) is 7.87. The largest absolute Gasteiger partial charge is 0.447 e. The molecule has 2 aliphatic carbocycles. The quantitative estimate of drug-likeness (QED) is 0.595. The van der Waals surface area contributed by atoms with Gasteiger partial charge in [-0.2, -0.15) is 0 Å². The molecule has 2 aromatic rings. The summed E-state index contributed by atoms with van der Waals surface area (Å²) in [4.78, 5) is 0. The molecule has 7 heteroatoms. The van der Waals surface area contributed by atoms with Crippen LogP contribution in [0.5, 0.6) is 11.5 Å². The van der Waals surface area contributed by atoms with Gasteiger partial charge in [-0.3, -0.25) is 0 Å². The predicted molar refractivity (Wildman–Crippen MR) is 89.8 cm³/mol. The minimum absolute atomic E-state index is 0.294. The van der Waals surface area contributed by atoms with Gasteiger partial charge in [0.1, 0.15) is 11.5 Å². The lowest BCUT2D eigenvalue weighted by atomic mass is 9.66. The molecule has 1 spiro atoms. The smallest absolute Gasteiger partial charge is 0.350 e. The number of aliphatic hydroxyl groups excluding tert-OH is 3. The maximum Gasteiger partial charge on any atom is 0.350 e. The number of benzene rings is 2. The highest BCUT2D eigenvalue weighted by Crippen LogP contribution is 2.74. The van der Waals surface area contributed by atoms with Crippen molar-refractivity contribution in [3.05, 3.63) is 47.9 Å². The maximum absolute atomic E-state index is 10.9. The van der Waals surface area contributed by atoms with Crippen LogP contribution in [0, 0.1) is 0 Å². The molecular weight excluding hydrogens is 352 g/mol. The Morgan fingerprint density at radius 2 is 1.56 bits per heavy atom. The van der Waals surface area contributed by atoms with Crippen molar-refractivity contribution in [3.8, 4) is 11.5 Å². The van der Waals surface area contributed by atoms with Gasteiger partial charge in [0.25, 0.3) is 0 Å². The molecule has 27 heavy (non-hydrogen) atoms. The van der Waals surface area contributed by atoms with E-state index in [2.05, 4.69) is 0 Å². The summed E-state index contributed by atoms with van der Waals surface area (Å²) in [7, 11) is 0. The van der Waals surface area contributed by atoms with Gasteiger partial charge in [-0.05, 0) is 30.4 Å². The molecule has 7 nitrogen and oxygen atoms in total. The van der Waals surface area contributed by atoms with E-state index in [0.717, 1.165) is 10.8 Å². The summed E-state index contributed by atoms with van der Waals surface area (Å²) < 4.78 is 24.3. The van der Waals surface area contributed by atoms with Gasteiger partial charge in [0.2, 0.25) is 11.4 Å². The molecule has 2 fully saturated rings. The van der Waals surface area contributed by atoms with Crippen LogP contribution in [0.1, 0.15) is 12.8 Å². The highest BCUT2D eigenvalue weighted by Gasteiger charge is 2.97. The zero-order chi connectivity index (χ0) is 18.2. The summed E-state index contributed by atoms with van der Waals surface area (Å²) in [6.45, 7) is 0. The third-order valence-corrected chi connectivity index (χ3v) is 6.72. The van der Waals surface area contributed by atoms with Crippen molar-refractivity contribution in [3.63, 3.8) is 0 Å². The van der Waals surface area contributed by atoms with Crippen LogP contribution in [0.2, 0.25) is 0 Å². The molecule has 3 N–H and O–H groups in total. The summed E-state index contributed by atoms with van der Waals surface area (Å²) >= 11 is 0. The van der Waals surface area contributed by atoms with Crippen LogP contribution in [0.3, 0.4) is 0 Å². The first-order valence-corrected chi connectivity index (χ1v) is 9.12. The molecule has 1 saturated carbocycles. The summed E-state index contributed by atoms with van der Waals surface area (Å²) in [6, 6.07) is 11.3. The second-order valence-corrected chi connectivity index (χ2v) is 7.87. The Morgan fingerprint density at radius 3 is 2.26 bits per heavy atom. The van der Waals surface area contributed by atoms with Crippen molar-refractivity contribution < 1.29 is 34.3 Å². The van der Waals surface area contributed by atoms with Crippen LogP contribution in [-0.4, -0.2) is 50.6 Å². The van der Waals surface area contributed by atoms with Gasteiger partial charge in [0.05, 0.1) is 17.6 Å². The minimum atomic E-state index is -1.58. The normalized spacial score (nSPS) is 41.7. The van der Waals surface area contributed by atoms with Crippen LogP contribution in [0.4, 0.5) is 0 Å². The Balaban J connectivity index is 1.51. The average Bonchev–Trinajstić information content (AvgIpc) is 3.57. The molecule has 3 heterocycles. The molecule has 5 unspecified atom stereocenters. The lowest BCUT2D eigenvalue weighted by molar-refractivity contribution is -0.186. The Bertz CT molecular complexity index is 1040. The molecule has 0 bridgehead atoms. The SMILES string of the molecule is OC1CCC(O)C23OC12C(O)C1=C(O1)C31Oc2cccc3cccc(c23)O1. The van der Waals surface area contributed by atoms with Gasteiger partial charge in [0, 0.05) is 0 Å². The van der Waals surface area contributed by atoms with Gasteiger partial charge in [0.15, 0.2) is 17.5 Å². The predicted octanol–water partition coefficient (Wildman–Crippen LogP) is 0.947. The van der Waals surface area contributed by atoms with Crippen molar-refractivity contribution in [1.82, 2.24) is 0 Å². The van der Waals surface area contributed by atoms with Gasteiger partial charge >= 0.3 is 5.79 Å². The number of hydrogen-bond acceptors (Lipinski definition) is 7. The van der Waals surface area contributed by atoms with E-state index >= 15 is 0 Å². The van der Waals surface area contributed by atoms with Crippen LogP contribution in [-0.2, 0) is 9.47 Å². The summed E-state index contributed by atoms with van der Waals surface area (Å²) in [6.07, 6.45) is -2.50. The minimum Gasteiger partial charge on any atom is -0.447 e. The topological polar surface area (TPSA) is 104 Å². The van der Waals surface area contributed by atoms with E-state index in [1.807, 2.05) is 36.4 Å². The second kappa shape index (κ2) is 4.07. The van der Waals surface area contributed by atoms with Gasteiger partial charge in [-0.1, -0.05) is 24.3 Å². The molecule has 7 rings (SSSR count). The molecule has 3 aliphatic heterocycles. The number of rotatable bonds is 0. The van der Waals surface area contributed by atoms with Gasteiger partial charge in [-0.15, -0.1) is 0 Å². The van der Waals surface area contributed by atoms with E-state index in [9.17, 15) is 15.3 Å². The molecule has 0 aromatic heterocycles. The molecule has 5 aliphatic rings. The van der Waals surface area contributed by atoms with Crippen LogP contribution in [0.15, 0.2) is 47.9 Å². The fourth-order valence-corrected chi connectivity index (χ4v) is 5.48. The summed E-state index contributed by atoms with van der Waals surface area (Å²) in [5, 5.41) is 34.2. The fraction of sp³-hybridized carbons (Fsp3) is 0.400. The molecule has 0 radical (unpaired) electrons. The highest BCUT2D eigenvalue weighted by atomic mass is 16.8. The van der Waals surface area contributed by atoms with Crippen LogP contribution < -0.4 is 9.47 Å². The van der Waals surface area contributed by atoms with E-state index in [1.54, 1.807) is 0 Å². The lowest BCUT2D eigenvalue weighted by Crippen LogP contribution is -2.70. The number of ether oxygens (including phenoxy) is 4. The Morgan fingerprint density at radius 1 is 0.889 bits per heavy atom. The monoisotopic (exact) mass is 368 g/mol. The first kappa shape index (κ1) is 14.7. The van der Waals surface area contributed by atoms with Crippen molar-refractivity contribution in [2.75, 3.05) is 0 Å². The molecule has 2 aromatic carbocycles. The number of aliphatic hydroxyl groups is 3. The van der Waals surface area contributed by atoms with Gasteiger partial charge < -0.3 is 34.3 Å². The van der Waals surface area contributed by atoms with Crippen molar-refractivity contribution in [2.45, 2.75) is 48.1 Å². The first-order chi connectivity index (χ1) is 13.1. The van der Waals surface area contributed by atoms with E-state index in [0.29, 0.717) is 35.9 Å². The fourth-order valence-electron chi connectivity index (χ4n) is 5.48. The third kappa shape index (κ3) is 1.30. The van der Waals surface area contributed by atoms with Crippen molar-refractivity contribution >= 4 is 10.8 Å². The molecule has 1 saturated heterocycles. The van der Waals surface area contributed by atoms with Gasteiger partial charge in [-0.25, -0.2) is 0 Å². The summed E-state index contributed by atoms with van der Waals surface area (Å²) in [5.41, 5.74) is -2.84. The van der Waals surface area contributed by atoms with E-state index < -0.39 is 35.3 Å². The van der Waals surface area contributed by atoms with E-state index in [4.69, 9.17) is 18.9 Å². The first-order valence-electron chi connectivity index (χ1n) is 9.12. The number of epoxide rings is 1. The third-order valence-electron chi connectivity index (χ3n) is 6.72. The molecule has 138 valence electrons. The Kier molecular flexibility index (Phi) is 2.22. The number of hydrogen-bond donors (Lipinski definition) is 3. The van der Waals surface area contributed by atoms with Crippen LogP contribution in [0.25, 0.3) is 10.8 Å². The molecule has 5 atom stereocenters. The van der Waals surface area contributed by atoms with E-state index in [1.165, 1.54) is 0 Å². The summed E-state index contributed by atoms with van der Waals surface area (Å²) in [5.74, 6) is 0.203. The van der Waals surface area contributed by atoms with Crippen LogP contribution >= 0.6 is 0 Å². The maximum atomic E-state index is 10.9. The average molecular weight is 368 g/mol. The van der Waals surface area contributed by atoms with Crippen molar-refractivity contribution in [1.29, 1.82) is 0 Å².